The molecule has 0 unspecified atom stereocenters. The first kappa shape index (κ1) is 12.9. The van der Waals surface area contributed by atoms with Crippen LogP contribution in [-0.2, 0) is 0 Å². The molecule has 1 N–H and O–H groups in total. The first-order valence-corrected chi connectivity index (χ1v) is 6.63. The molecule has 2 rings (SSSR count). The number of amides is 1. The average Bonchev–Trinajstić information content (AvgIpc) is 2.39. The Balaban J connectivity index is 2.07. The minimum Gasteiger partial charge on any atom is -0.507 e. The lowest BCUT2D eigenvalue weighted by atomic mass is 9.78. The Kier molecular flexibility index (Phi) is 3.60. The van der Waals surface area contributed by atoms with Gasteiger partial charge in [-0.15, -0.1) is 0 Å². The van der Waals surface area contributed by atoms with Gasteiger partial charge in [0.05, 0.1) is 5.56 Å². The molecule has 1 saturated heterocycles. The number of carbonyl (C=O) groups is 1. The number of hydrogen-bond donors (Lipinski definition) is 1. The standard InChI is InChI=1S/C15H21NO2/c1-3-15(2)8-10-16(11-9-15)14(18)12-6-4-5-7-13(12)17/h4-7,17H,3,8-11H2,1-2H3. The third-order valence-corrected chi connectivity index (χ3v) is 4.25. The van der Waals surface area contributed by atoms with Crippen molar-refractivity contribution >= 4 is 5.91 Å². The van der Waals surface area contributed by atoms with Crippen molar-refractivity contribution < 1.29 is 9.90 Å². The molecular weight excluding hydrogens is 226 g/mol. The molecule has 3 heteroatoms. The van der Waals surface area contributed by atoms with E-state index in [9.17, 15) is 9.90 Å². The number of carbonyl (C=O) groups excluding carboxylic acids is 1. The van der Waals surface area contributed by atoms with Crippen LogP contribution in [0.25, 0.3) is 0 Å². The molecule has 0 bridgehead atoms. The predicted molar refractivity (Wildman–Crippen MR) is 71.6 cm³/mol. The first-order valence-electron chi connectivity index (χ1n) is 6.63. The van der Waals surface area contributed by atoms with E-state index in [0.717, 1.165) is 32.4 Å². The normalized spacial score (nSPS) is 18.7. The van der Waals surface area contributed by atoms with Crippen molar-refractivity contribution in [1.29, 1.82) is 0 Å². The summed E-state index contributed by atoms with van der Waals surface area (Å²) in [5, 5.41) is 9.71. The largest absolute Gasteiger partial charge is 0.507 e. The van der Waals surface area contributed by atoms with Crippen LogP contribution in [0.5, 0.6) is 5.75 Å². The Labute approximate surface area is 108 Å². The molecule has 1 aromatic carbocycles. The van der Waals surface area contributed by atoms with E-state index < -0.39 is 0 Å². The van der Waals surface area contributed by atoms with Crippen LogP contribution in [0.3, 0.4) is 0 Å². The molecule has 0 aliphatic carbocycles. The number of nitrogens with zero attached hydrogens (tertiary/aromatic N) is 1. The lowest BCUT2D eigenvalue weighted by Crippen LogP contribution is -2.41. The van der Waals surface area contributed by atoms with Gasteiger partial charge in [-0.2, -0.15) is 0 Å². The minimum atomic E-state index is -0.0498. The van der Waals surface area contributed by atoms with Gasteiger partial charge in [-0.3, -0.25) is 4.79 Å². The average molecular weight is 247 g/mol. The maximum atomic E-state index is 12.3. The van der Waals surface area contributed by atoms with Crippen LogP contribution < -0.4 is 0 Å². The zero-order valence-corrected chi connectivity index (χ0v) is 11.1. The molecule has 98 valence electrons. The summed E-state index contributed by atoms with van der Waals surface area (Å²) < 4.78 is 0. The maximum absolute atomic E-state index is 12.3. The van der Waals surface area contributed by atoms with Crippen molar-refractivity contribution in [2.45, 2.75) is 33.1 Å². The van der Waals surface area contributed by atoms with Gasteiger partial charge in [0.1, 0.15) is 5.75 Å². The van der Waals surface area contributed by atoms with Crippen LogP contribution in [0.15, 0.2) is 24.3 Å². The van der Waals surface area contributed by atoms with E-state index >= 15 is 0 Å². The molecule has 0 saturated carbocycles. The molecule has 1 aliphatic heterocycles. The van der Waals surface area contributed by atoms with Gasteiger partial charge in [-0.1, -0.05) is 32.4 Å². The third kappa shape index (κ3) is 2.50. The Hall–Kier alpha value is -1.51. The lowest BCUT2D eigenvalue weighted by molar-refractivity contribution is 0.0597. The first-order chi connectivity index (χ1) is 8.56. The van der Waals surface area contributed by atoms with Gasteiger partial charge in [0.15, 0.2) is 0 Å². The summed E-state index contributed by atoms with van der Waals surface area (Å²) in [7, 11) is 0. The number of para-hydroxylation sites is 1. The quantitative estimate of drug-likeness (QED) is 0.872. The second kappa shape index (κ2) is 5.01. The number of piperidine rings is 1. The van der Waals surface area contributed by atoms with Crippen LogP contribution in [0, 0.1) is 5.41 Å². The van der Waals surface area contributed by atoms with E-state index in [1.807, 2.05) is 4.90 Å². The summed E-state index contributed by atoms with van der Waals surface area (Å²) in [4.78, 5) is 14.1. The fourth-order valence-electron chi connectivity index (χ4n) is 2.43. The second-order valence-electron chi connectivity index (χ2n) is 5.47. The Morgan fingerprint density at radius 3 is 2.50 bits per heavy atom. The highest BCUT2D eigenvalue weighted by atomic mass is 16.3. The lowest BCUT2D eigenvalue weighted by Gasteiger charge is -2.39. The molecule has 1 aliphatic rings. The molecule has 0 aromatic heterocycles. The van der Waals surface area contributed by atoms with E-state index in [-0.39, 0.29) is 11.7 Å². The highest BCUT2D eigenvalue weighted by molar-refractivity contribution is 5.96. The Bertz CT molecular complexity index is 434. The highest BCUT2D eigenvalue weighted by Gasteiger charge is 2.31. The molecule has 0 spiro atoms. The van der Waals surface area contributed by atoms with E-state index in [0.29, 0.717) is 11.0 Å². The number of phenolic OH excluding ortho intramolecular Hbond substituents is 1. The zero-order valence-electron chi connectivity index (χ0n) is 11.1. The summed E-state index contributed by atoms with van der Waals surface area (Å²) in [6, 6.07) is 6.77. The van der Waals surface area contributed by atoms with Gasteiger partial charge in [0.25, 0.3) is 5.91 Å². The van der Waals surface area contributed by atoms with Gasteiger partial charge in [-0.05, 0) is 30.4 Å². The molecular formula is C15H21NO2. The van der Waals surface area contributed by atoms with E-state index in [1.165, 1.54) is 0 Å². The third-order valence-electron chi connectivity index (χ3n) is 4.25. The topological polar surface area (TPSA) is 40.5 Å². The number of hydrogen-bond acceptors (Lipinski definition) is 2. The summed E-state index contributed by atoms with van der Waals surface area (Å²) in [5.41, 5.74) is 0.785. The molecule has 1 fully saturated rings. The molecule has 0 atom stereocenters. The fraction of sp³-hybridized carbons (Fsp3) is 0.533. The summed E-state index contributed by atoms with van der Waals surface area (Å²) in [6.45, 7) is 6.07. The molecule has 1 amide bonds. The van der Waals surface area contributed by atoms with Gasteiger partial charge < -0.3 is 10.0 Å². The monoisotopic (exact) mass is 247 g/mol. The van der Waals surface area contributed by atoms with Crippen LogP contribution in [0.4, 0.5) is 0 Å². The Morgan fingerprint density at radius 1 is 1.33 bits per heavy atom. The SMILES string of the molecule is CCC1(C)CCN(C(=O)c2ccccc2O)CC1. The van der Waals surface area contributed by atoms with Gasteiger partial charge >= 0.3 is 0 Å². The predicted octanol–water partition coefficient (Wildman–Crippen LogP) is 3.04. The van der Waals surface area contributed by atoms with Crippen molar-refractivity contribution in [1.82, 2.24) is 4.90 Å². The van der Waals surface area contributed by atoms with Crippen molar-refractivity contribution in [3.05, 3.63) is 29.8 Å². The Morgan fingerprint density at radius 2 is 1.94 bits per heavy atom. The van der Waals surface area contributed by atoms with Crippen molar-refractivity contribution in [3.63, 3.8) is 0 Å². The van der Waals surface area contributed by atoms with Crippen LogP contribution in [-0.4, -0.2) is 29.0 Å². The number of rotatable bonds is 2. The fourth-order valence-corrected chi connectivity index (χ4v) is 2.43. The summed E-state index contributed by atoms with van der Waals surface area (Å²) in [6.07, 6.45) is 3.25. The van der Waals surface area contributed by atoms with Crippen molar-refractivity contribution in [2.24, 2.45) is 5.41 Å². The maximum Gasteiger partial charge on any atom is 0.257 e. The number of aromatic hydroxyl groups is 1. The van der Waals surface area contributed by atoms with Gasteiger partial charge in [0.2, 0.25) is 0 Å². The zero-order chi connectivity index (χ0) is 13.2. The number of likely N-dealkylation sites (tertiary alicyclic amines) is 1. The van der Waals surface area contributed by atoms with Gasteiger partial charge in [0, 0.05) is 13.1 Å². The summed E-state index contributed by atoms with van der Waals surface area (Å²) >= 11 is 0. The summed E-state index contributed by atoms with van der Waals surface area (Å²) in [5.74, 6) is 0.0255. The highest BCUT2D eigenvalue weighted by Crippen LogP contribution is 2.34. The minimum absolute atomic E-state index is 0.0498. The molecule has 3 nitrogen and oxygen atoms in total. The van der Waals surface area contributed by atoms with Crippen LogP contribution >= 0.6 is 0 Å². The molecule has 18 heavy (non-hydrogen) atoms. The van der Waals surface area contributed by atoms with Crippen LogP contribution in [0.2, 0.25) is 0 Å². The number of benzene rings is 1. The van der Waals surface area contributed by atoms with Gasteiger partial charge in [-0.25, -0.2) is 0 Å². The molecule has 1 aromatic rings. The van der Waals surface area contributed by atoms with Crippen molar-refractivity contribution in [3.8, 4) is 5.75 Å². The van der Waals surface area contributed by atoms with Crippen LogP contribution in [0.1, 0.15) is 43.5 Å². The molecule has 1 heterocycles. The van der Waals surface area contributed by atoms with Crippen molar-refractivity contribution in [2.75, 3.05) is 13.1 Å². The second-order valence-corrected chi connectivity index (χ2v) is 5.47. The van der Waals surface area contributed by atoms with E-state index in [4.69, 9.17) is 0 Å². The molecule has 0 radical (unpaired) electrons. The van der Waals surface area contributed by atoms with E-state index in [1.54, 1.807) is 24.3 Å². The van der Waals surface area contributed by atoms with E-state index in [2.05, 4.69) is 13.8 Å². The smallest absolute Gasteiger partial charge is 0.257 e. The number of phenols is 1.